The van der Waals surface area contributed by atoms with Crippen LogP contribution in [-0.4, -0.2) is 21.2 Å². The number of rotatable bonds is 6. The SMILES string of the molecule is Cc1c(OCC(F)(F)c2ccccc2)ccn2c(CC3CC3)nnc12. The lowest BCUT2D eigenvalue weighted by molar-refractivity contribution is -0.0468. The maximum atomic E-state index is 14.3. The number of benzene rings is 1. The molecule has 0 saturated heterocycles. The largest absolute Gasteiger partial charge is 0.486 e. The number of hydrogen-bond acceptors (Lipinski definition) is 3. The average Bonchev–Trinajstić information content (AvgIpc) is 3.34. The Morgan fingerprint density at radius 3 is 2.64 bits per heavy atom. The summed E-state index contributed by atoms with van der Waals surface area (Å²) in [6.45, 7) is 1.11. The average molecular weight is 343 g/mol. The Kier molecular flexibility index (Phi) is 3.90. The second kappa shape index (κ2) is 6.10. The lowest BCUT2D eigenvalue weighted by Gasteiger charge is -2.18. The molecule has 0 N–H and O–H groups in total. The van der Waals surface area contributed by atoms with Crippen molar-refractivity contribution in [1.29, 1.82) is 0 Å². The van der Waals surface area contributed by atoms with Gasteiger partial charge in [-0.15, -0.1) is 10.2 Å². The third kappa shape index (κ3) is 3.21. The van der Waals surface area contributed by atoms with Crippen molar-refractivity contribution in [2.75, 3.05) is 6.61 Å². The first kappa shape index (κ1) is 16.0. The van der Waals surface area contributed by atoms with Gasteiger partial charge >= 0.3 is 5.92 Å². The Balaban J connectivity index is 1.54. The highest BCUT2D eigenvalue weighted by molar-refractivity contribution is 5.54. The van der Waals surface area contributed by atoms with Crippen LogP contribution in [0.4, 0.5) is 8.78 Å². The van der Waals surface area contributed by atoms with Crippen LogP contribution in [0.3, 0.4) is 0 Å². The highest BCUT2D eigenvalue weighted by Crippen LogP contribution is 2.33. The van der Waals surface area contributed by atoms with Gasteiger partial charge in [-0.2, -0.15) is 8.78 Å². The highest BCUT2D eigenvalue weighted by atomic mass is 19.3. The van der Waals surface area contributed by atoms with Gasteiger partial charge in [0, 0.05) is 23.7 Å². The van der Waals surface area contributed by atoms with E-state index in [0.29, 0.717) is 17.3 Å². The molecule has 3 aromatic rings. The number of fused-ring (bicyclic) bond motifs is 1. The minimum atomic E-state index is -3.05. The highest BCUT2D eigenvalue weighted by Gasteiger charge is 2.32. The van der Waals surface area contributed by atoms with Crippen molar-refractivity contribution in [3.8, 4) is 5.75 Å². The van der Waals surface area contributed by atoms with Crippen LogP contribution in [-0.2, 0) is 12.3 Å². The first-order chi connectivity index (χ1) is 12.0. The molecule has 6 heteroatoms. The Labute approximate surface area is 144 Å². The van der Waals surface area contributed by atoms with Crippen LogP contribution >= 0.6 is 0 Å². The predicted molar refractivity (Wildman–Crippen MR) is 90.0 cm³/mol. The van der Waals surface area contributed by atoms with E-state index in [2.05, 4.69) is 10.2 Å². The molecule has 0 unspecified atom stereocenters. The first-order valence-electron chi connectivity index (χ1n) is 8.44. The summed E-state index contributed by atoms with van der Waals surface area (Å²) in [5.74, 6) is -1.02. The molecular weight excluding hydrogens is 324 g/mol. The summed E-state index contributed by atoms with van der Waals surface area (Å²) in [5.41, 5.74) is 1.33. The lowest BCUT2D eigenvalue weighted by atomic mass is 10.1. The van der Waals surface area contributed by atoms with Crippen molar-refractivity contribution in [2.24, 2.45) is 5.92 Å². The fourth-order valence-corrected chi connectivity index (χ4v) is 2.92. The van der Waals surface area contributed by atoms with Gasteiger partial charge in [-0.3, -0.25) is 4.40 Å². The molecule has 1 aromatic carbocycles. The molecule has 2 aromatic heterocycles. The van der Waals surface area contributed by atoms with Gasteiger partial charge in [0.15, 0.2) is 12.3 Å². The van der Waals surface area contributed by atoms with Gasteiger partial charge in [-0.05, 0) is 31.7 Å². The molecule has 1 saturated carbocycles. The number of ether oxygens (including phenoxy) is 1. The van der Waals surface area contributed by atoms with E-state index < -0.39 is 12.5 Å². The topological polar surface area (TPSA) is 39.4 Å². The molecule has 0 radical (unpaired) electrons. The van der Waals surface area contributed by atoms with Crippen molar-refractivity contribution in [3.05, 3.63) is 59.5 Å². The van der Waals surface area contributed by atoms with E-state index in [1.807, 2.05) is 11.3 Å². The molecule has 1 fully saturated rings. The Morgan fingerprint density at radius 1 is 1.16 bits per heavy atom. The summed E-state index contributed by atoms with van der Waals surface area (Å²) in [6.07, 6.45) is 5.19. The molecule has 2 heterocycles. The van der Waals surface area contributed by atoms with Gasteiger partial charge in [-0.25, -0.2) is 0 Å². The minimum absolute atomic E-state index is 0.0528. The summed E-state index contributed by atoms with van der Waals surface area (Å²) >= 11 is 0. The fourth-order valence-electron chi connectivity index (χ4n) is 2.92. The molecular formula is C19H19F2N3O. The molecule has 1 aliphatic carbocycles. The zero-order chi connectivity index (χ0) is 17.4. The van der Waals surface area contributed by atoms with Crippen LogP contribution in [0.15, 0.2) is 42.6 Å². The van der Waals surface area contributed by atoms with Crippen LogP contribution in [0.2, 0.25) is 0 Å². The van der Waals surface area contributed by atoms with Gasteiger partial charge in [-0.1, -0.05) is 30.3 Å². The number of alkyl halides is 2. The summed E-state index contributed by atoms with van der Waals surface area (Å²) in [4.78, 5) is 0. The third-order valence-corrected chi connectivity index (χ3v) is 4.62. The molecule has 4 nitrogen and oxygen atoms in total. The standard InChI is InChI=1S/C19H19F2N3O/c1-13-16(25-12-19(20,21)15-5-3-2-4-6-15)9-10-24-17(11-14-7-8-14)22-23-18(13)24/h2-6,9-10,14H,7-8,11-12H2,1H3. The van der Waals surface area contributed by atoms with E-state index >= 15 is 0 Å². The number of pyridine rings is 1. The van der Waals surface area contributed by atoms with Crippen molar-refractivity contribution in [2.45, 2.75) is 32.1 Å². The van der Waals surface area contributed by atoms with Crippen LogP contribution < -0.4 is 4.74 Å². The second-order valence-corrected chi connectivity index (χ2v) is 6.62. The first-order valence-corrected chi connectivity index (χ1v) is 8.44. The van der Waals surface area contributed by atoms with E-state index in [0.717, 1.165) is 17.8 Å². The van der Waals surface area contributed by atoms with Crippen molar-refractivity contribution >= 4 is 5.65 Å². The molecule has 0 bridgehead atoms. The molecule has 25 heavy (non-hydrogen) atoms. The van der Waals surface area contributed by atoms with E-state index in [-0.39, 0.29) is 5.56 Å². The van der Waals surface area contributed by atoms with Gasteiger partial charge in [0.05, 0.1) is 0 Å². The molecule has 4 rings (SSSR count). The number of aryl methyl sites for hydroxylation is 1. The number of halogens is 2. The Hall–Kier alpha value is -2.50. The van der Waals surface area contributed by atoms with Crippen molar-refractivity contribution in [3.63, 3.8) is 0 Å². The number of aromatic nitrogens is 3. The molecule has 1 aliphatic rings. The number of hydrogen-bond donors (Lipinski definition) is 0. The second-order valence-electron chi connectivity index (χ2n) is 6.62. The Morgan fingerprint density at radius 2 is 1.92 bits per heavy atom. The van der Waals surface area contributed by atoms with Gasteiger partial charge < -0.3 is 4.74 Å². The van der Waals surface area contributed by atoms with Crippen LogP contribution in [0, 0.1) is 12.8 Å². The van der Waals surface area contributed by atoms with Gasteiger partial charge in [0.25, 0.3) is 0 Å². The van der Waals surface area contributed by atoms with Crippen molar-refractivity contribution in [1.82, 2.24) is 14.6 Å². The van der Waals surface area contributed by atoms with E-state index in [4.69, 9.17) is 4.74 Å². The smallest absolute Gasteiger partial charge is 0.306 e. The quantitative estimate of drug-likeness (QED) is 0.675. The van der Waals surface area contributed by atoms with Crippen LogP contribution in [0.25, 0.3) is 5.65 Å². The monoisotopic (exact) mass is 343 g/mol. The fraction of sp³-hybridized carbons (Fsp3) is 0.368. The molecule has 0 atom stereocenters. The number of nitrogens with zero attached hydrogens (tertiary/aromatic N) is 3. The van der Waals surface area contributed by atoms with E-state index in [1.54, 1.807) is 30.5 Å². The molecule has 130 valence electrons. The van der Waals surface area contributed by atoms with E-state index in [9.17, 15) is 8.78 Å². The van der Waals surface area contributed by atoms with Crippen LogP contribution in [0.1, 0.15) is 29.8 Å². The summed E-state index contributed by atoms with van der Waals surface area (Å²) in [6, 6.07) is 9.42. The maximum absolute atomic E-state index is 14.3. The lowest BCUT2D eigenvalue weighted by Crippen LogP contribution is -2.23. The predicted octanol–water partition coefficient (Wildman–Crippen LogP) is 4.16. The maximum Gasteiger partial charge on any atom is 0.306 e. The molecule has 0 aliphatic heterocycles. The minimum Gasteiger partial charge on any atom is -0.486 e. The van der Waals surface area contributed by atoms with E-state index in [1.165, 1.54) is 25.0 Å². The summed E-state index contributed by atoms with van der Waals surface area (Å²) in [5, 5.41) is 8.45. The Bertz CT molecular complexity index is 888. The summed E-state index contributed by atoms with van der Waals surface area (Å²) in [7, 11) is 0. The third-order valence-electron chi connectivity index (χ3n) is 4.62. The molecule has 0 spiro atoms. The zero-order valence-corrected chi connectivity index (χ0v) is 14.0. The van der Waals surface area contributed by atoms with Crippen molar-refractivity contribution < 1.29 is 13.5 Å². The summed E-state index contributed by atoms with van der Waals surface area (Å²) < 4.78 is 35.9. The van der Waals surface area contributed by atoms with Gasteiger partial charge in [0.2, 0.25) is 0 Å². The normalized spacial score (nSPS) is 14.8. The van der Waals surface area contributed by atoms with Gasteiger partial charge in [0.1, 0.15) is 11.6 Å². The molecule has 0 amide bonds. The van der Waals surface area contributed by atoms with Crippen LogP contribution in [0.5, 0.6) is 5.75 Å². The zero-order valence-electron chi connectivity index (χ0n) is 14.0.